The third kappa shape index (κ3) is 3.07. The zero-order valence-electron chi connectivity index (χ0n) is 18.0. The normalized spacial score (nSPS) is 19.2. The summed E-state index contributed by atoms with van der Waals surface area (Å²) >= 11 is 0. The van der Waals surface area contributed by atoms with E-state index in [9.17, 15) is 0 Å². The van der Waals surface area contributed by atoms with Crippen molar-refractivity contribution < 1.29 is 0 Å². The summed E-state index contributed by atoms with van der Waals surface area (Å²) in [6, 6.07) is 10.3. The lowest BCUT2D eigenvalue weighted by atomic mass is 9.73. The SMILES string of the molecule is Cc1nc(N2CCC3(CC2)Cc2ncccc2[C@H]3N)c2ccnn2c1-c1ccncc1.Cl. The molecular formula is C24H26ClN7. The molecule has 6 rings (SSSR count). The maximum absolute atomic E-state index is 6.73. The molecule has 5 heterocycles. The zero-order valence-corrected chi connectivity index (χ0v) is 18.8. The highest BCUT2D eigenvalue weighted by Gasteiger charge is 2.46. The molecule has 0 unspecified atom stereocenters. The van der Waals surface area contributed by atoms with Gasteiger partial charge in [-0.1, -0.05) is 6.07 Å². The Labute approximate surface area is 193 Å². The first kappa shape index (κ1) is 20.8. The number of fused-ring (bicyclic) bond motifs is 2. The highest BCUT2D eigenvalue weighted by atomic mass is 35.5. The van der Waals surface area contributed by atoms with E-state index >= 15 is 0 Å². The fourth-order valence-corrected chi connectivity index (χ4v) is 5.45. The van der Waals surface area contributed by atoms with Crippen molar-refractivity contribution in [3.63, 3.8) is 0 Å². The molecule has 7 nitrogen and oxygen atoms in total. The molecule has 0 radical (unpaired) electrons. The van der Waals surface area contributed by atoms with Gasteiger partial charge in [0.2, 0.25) is 0 Å². The van der Waals surface area contributed by atoms with Crippen LogP contribution in [0.15, 0.2) is 55.1 Å². The average molecular weight is 448 g/mol. The van der Waals surface area contributed by atoms with Gasteiger partial charge in [0.15, 0.2) is 5.82 Å². The average Bonchev–Trinajstić information content (AvgIpc) is 3.38. The molecule has 0 saturated carbocycles. The highest BCUT2D eigenvalue weighted by Crippen LogP contribution is 2.50. The zero-order chi connectivity index (χ0) is 21.0. The second-order valence-electron chi connectivity index (χ2n) is 8.78. The Morgan fingerprint density at radius 1 is 1.03 bits per heavy atom. The van der Waals surface area contributed by atoms with Crippen LogP contribution in [0.4, 0.5) is 5.82 Å². The van der Waals surface area contributed by atoms with Crippen molar-refractivity contribution >= 4 is 23.7 Å². The van der Waals surface area contributed by atoms with Crippen LogP contribution in [0, 0.1) is 12.3 Å². The van der Waals surface area contributed by atoms with Gasteiger partial charge in [0, 0.05) is 49.0 Å². The predicted octanol–water partition coefficient (Wildman–Crippen LogP) is 3.76. The minimum Gasteiger partial charge on any atom is -0.355 e. The number of nitrogens with two attached hydrogens (primary N) is 1. The van der Waals surface area contributed by atoms with E-state index in [4.69, 9.17) is 10.7 Å². The van der Waals surface area contributed by atoms with Crippen molar-refractivity contribution in [3.05, 3.63) is 72.1 Å². The second-order valence-corrected chi connectivity index (χ2v) is 8.78. The monoisotopic (exact) mass is 447 g/mol. The number of halogens is 1. The van der Waals surface area contributed by atoms with Crippen molar-refractivity contribution in [1.29, 1.82) is 0 Å². The van der Waals surface area contributed by atoms with Crippen LogP contribution in [0.5, 0.6) is 0 Å². The Balaban J connectivity index is 0.00000216. The summed E-state index contributed by atoms with van der Waals surface area (Å²) in [5, 5.41) is 4.62. The number of nitrogens with zero attached hydrogens (tertiary/aromatic N) is 6. The summed E-state index contributed by atoms with van der Waals surface area (Å²) in [5.74, 6) is 1.00. The van der Waals surface area contributed by atoms with Crippen LogP contribution in [-0.4, -0.2) is 37.7 Å². The van der Waals surface area contributed by atoms with Gasteiger partial charge in [-0.25, -0.2) is 9.50 Å². The van der Waals surface area contributed by atoms with Crippen LogP contribution in [0.2, 0.25) is 0 Å². The van der Waals surface area contributed by atoms with E-state index in [-0.39, 0.29) is 23.9 Å². The molecule has 4 aromatic rings. The van der Waals surface area contributed by atoms with Gasteiger partial charge < -0.3 is 10.6 Å². The molecule has 0 bridgehead atoms. The first-order valence-corrected chi connectivity index (χ1v) is 10.9. The Bertz CT molecular complexity index is 1260. The predicted molar refractivity (Wildman–Crippen MR) is 127 cm³/mol. The van der Waals surface area contributed by atoms with Gasteiger partial charge in [0.1, 0.15) is 5.52 Å². The number of pyridine rings is 2. The smallest absolute Gasteiger partial charge is 0.155 e. The lowest BCUT2D eigenvalue weighted by Gasteiger charge is -2.42. The van der Waals surface area contributed by atoms with Gasteiger partial charge in [-0.15, -0.1) is 12.4 Å². The maximum Gasteiger partial charge on any atom is 0.155 e. The number of piperidine rings is 1. The molecule has 0 aromatic carbocycles. The van der Waals surface area contributed by atoms with E-state index in [1.165, 1.54) is 11.3 Å². The molecular weight excluding hydrogens is 422 g/mol. The first-order valence-electron chi connectivity index (χ1n) is 10.9. The molecule has 8 heteroatoms. The van der Waals surface area contributed by atoms with Crippen LogP contribution < -0.4 is 10.6 Å². The highest BCUT2D eigenvalue weighted by molar-refractivity contribution is 5.85. The molecule has 1 aliphatic carbocycles. The number of aryl methyl sites for hydroxylation is 1. The third-order valence-corrected chi connectivity index (χ3v) is 7.15. The van der Waals surface area contributed by atoms with Crippen molar-refractivity contribution in [2.75, 3.05) is 18.0 Å². The molecule has 1 spiro atoms. The summed E-state index contributed by atoms with van der Waals surface area (Å²) in [5.41, 5.74) is 13.3. The lowest BCUT2D eigenvalue weighted by Crippen LogP contribution is -2.44. The molecule has 4 aromatic heterocycles. The van der Waals surface area contributed by atoms with Gasteiger partial charge in [-0.3, -0.25) is 9.97 Å². The summed E-state index contributed by atoms with van der Waals surface area (Å²) in [6.07, 6.45) is 10.4. The summed E-state index contributed by atoms with van der Waals surface area (Å²) in [6.45, 7) is 3.92. The molecule has 0 amide bonds. The van der Waals surface area contributed by atoms with Crippen LogP contribution in [-0.2, 0) is 6.42 Å². The number of anilines is 1. The third-order valence-electron chi connectivity index (χ3n) is 7.15. The lowest BCUT2D eigenvalue weighted by molar-refractivity contribution is 0.187. The minimum absolute atomic E-state index is 0. The van der Waals surface area contributed by atoms with Gasteiger partial charge >= 0.3 is 0 Å². The molecule has 1 saturated heterocycles. The number of rotatable bonds is 2. The van der Waals surface area contributed by atoms with Crippen molar-refractivity contribution in [2.45, 2.75) is 32.2 Å². The fraction of sp³-hybridized carbons (Fsp3) is 0.333. The first-order chi connectivity index (χ1) is 15.2. The summed E-state index contributed by atoms with van der Waals surface area (Å²) in [4.78, 5) is 16.2. The van der Waals surface area contributed by atoms with Gasteiger partial charge in [-0.05, 0) is 61.4 Å². The van der Waals surface area contributed by atoms with E-state index in [0.717, 1.165) is 60.6 Å². The van der Waals surface area contributed by atoms with Crippen molar-refractivity contribution in [3.8, 4) is 11.3 Å². The van der Waals surface area contributed by atoms with Crippen LogP contribution in [0.1, 0.15) is 35.8 Å². The molecule has 164 valence electrons. The van der Waals surface area contributed by atoms with E-state index in [1.54, 1.807) is 12.4 Å². The molecule has 1 fully saturated rings. The van der Waals surface area contributed by atoms with E-state index in [0.29, 0.717) is 0 Å². The van der Waals surface area contributed by atoms with E-state index < -0.39 is 0 Å². The van der Waals surface area contributed by atoms with Crippen LogP contribution in [0.3, 0.4) is 0 Å². The van der Waals surface area contributed by atoms with E-state index in [1.807, 2.05) is 35.1 Å². The number of hydrogen-bond acceptors (Lipinski definition) is 6. The summed E-state index contributed by atoms with van der Waals surface area (Å²) < 4.78 is 2.01. The van der Waals surface area contributed by atoms with Gasteiger partial charge in [0.05, 0.1) is 17.6 Å². The summed E-state index contributed by atoms with van der Waals surface area (Å²) in [7, 11) is 0. The van der Waals surface area contributed by atoms with Gasteiger partial charge in [0.25, 0.3) is 0 Å². The second kappa shape index (κ2) is 7.83. The van der Waals surface area contributed by atoms with Crippen LogP contribution >= 0.6 is 12.4 Å². The molecule has 1 aliphatic heterocycles. The Morgan fingerprint density at radius 3 is 2.56 bits per heavy atom. The van der Waals surface area contributed by atoms with Crippen molar-refractivity contribution in [1.82, 2.24) is 24.6 Å². The number of aromatic nitrogens is 5. The molecule has 1 atom stereocenters. The van der Waals surface area contributed by atoms with Gasteiger partial charge in [-0.2, -0.15) is 5.10 Å². The maximum atomic E-state index is 6.73. The van der Waals surface area contributed by atoms with Crippen LogP contribution in [0.25, 0.3) is 16.8 Å². The Hall–Kier alpha value is -3.03. The Kier molecular flexibility index (Phi) is 5.10. The molecule has 32 heavy (non-hydrogen) atoms. The van der Waals surface area contributed by atoms with Crippen molar-refractivity contribution in [2.24, 2.45) is 11.1 Å². The minimum atomic E-state index is 0. The van der Waals surface area contributed by atoms with E-state index in [2.05, 4.69) is 39.0 Å². The fourth-order valence-electron chi connectivity index (χ4n) is 5.45. The number of hydrogen-bond donors (Lipinski definition) is 1. The quantitative estimate of drug-likeness (QED) is 0.503. The largest absolute Gasteiger partial charge is 0.355 e. The molecule has 2 N–H and O–H groups in total. The molecule has 2 aliphatic rings. The topological polar surface area (TPSA) is 85.2 Å². The Morgan fingerprint density at radius 2 is 1.81 bits per heavy atom. The standard InChI is InChI=1S/C24H25N7.ClH/c1-16-21(17-4-10-26-11-5-17)31-20(6-12-28-31)23(29-16)30-13-7-24(8-14-30)15-19-18(22(24)25)3-2-9-27-19;/h2-6,9-12,22H,7-8,13-15,25H2,1H3;1H/t22-;/m1./s1.